The molecule has 1 N–H and O–H groups in total. The minimum atomic E-state index is -0.482. The Balaban J connectivity index is 2.47. The van der Waals surface area contributed by atoms with E-state index in [0.717, 1.165) is 17.9 Å². The predicted octanol–water partition coefficient (Wildman–Crippen LogP) is 0.102. The van der Waals surface area contributed by atoms with Gasteiger partial charge in [-0.25, -0.2) is 4.79 Å². The lowest BCUT2D eigenvalue weighted by molar-refractivity contribution is -0.135. The van der Waals surface area contributed by atoms with E-state index in [-0.39, 0.29) is 12.5 Å². The summed E-state index contributed by atoms with van der Waals surface area (Å²) in [5.41, 5.74) is 2.30. The molecule has 1 heterocycles. The Hall–Kier alpha value is -1.59. The average Bonchev–Trinajstić information content (AvgIpc) is 2.42. The maximum absolute atomic E-state index is 11.3. The van der Waals surface area contributed by atoms with Crippen LogP contribution in [0.4, 0.5) is 4.79 Å². The molecule has 4 amide bonds. The standard InChI is InChI=1S/C9H15N3O3/c1-3-4-5-7(13)10-12-8(14)6-11(2)9(12)15/h3-6H2,1-2H3,(H,10,13). The van der Waals surface area contributed by atoms with Crippen LogP contribution in [0.15, 0.2) is 0 Å². The van der Waals surface area contributed by atoms with Crippen LogP contribution in [0.25, 0.3) is 0 Å². The van der Waals surface area contributed by atoms with E-state index in [4.69, 9.17) is 0 Å². The third-order valence-corrected chi connectivity index (χ3v) is 2.13. The number of hydrogen-bond acceptors (Lipinski definition) is 3. The molecule has 6 nitrogen and oxygen atoms in total. The molecule has 0 saturated carbocycles. The quantitative estimate of drug-likeness (QED) is 0.673. The largest absolute Gasteiger partial charge is 0.346 e. The number of hydrazine groups is 1. The van der Waals surface area contributed by atoms with E-state index in [2.05, 4.69) is 5.43 Å². The van der Waals surface area contributed by atoms with Crippen LogP contribution < -0.4 is 5.43 Å². The van der Waals surface area contributed by atoms with E-state index in [1.807, 2.05) is 6.92 Å². The maximum Gasteiger partial charge on any atom is 0.346 e. The Morgan fingerprint density at radius 2 is 2.13 bits per heavy atom. The number of carbonyl (C=O) groups is 3. The molecule has 0 aliphatic carbocycles. The van der Waals surface area contributed by atoms with Gasteiger partial charge in [0, 0.05) is 13.5 Å². The first-order chi connectivity index (χ1) is 7.06. The summed E-state index contributed by atoms with van der Waals surface area (Å²) in [5.74, 6) is -0.693. The van der Waals surface area contributed by atoms with Gasteiger partial charge in [-0.2, -0.15) is 5.01 Å². The number of nitrogens with one attached hydrogen (secondary N) is 1. The lowest BCUT2D eigenvalue weighted by Crippen LogP contribution is -2.46. The third-order valence-electron chi connectivity index (χ3n) is 2.13. The van der Waals surface area contributed by atoms with Crippen molar-refractivity contribution in [1.82, 2.24) is 15.3 Å². The van der Waals surface area contributed by atoms with E-state index < -0.39 is 11.9 Å². The molecule has 6 heteroatoms. The molecule has 0 spiro atoms. The Morgan fingerprint density at radius 1 is 1.47 bits per heavy atom. The molecule has 1 fully saturated rings. The number of imide groups is 1. The first kappa shape index (κ1) is 11.5. The average molecular weight is 213 g/mol. The van der Waals surface area contributed by atoms with Gasteiger partial charge in [0.25, 0.3) is 5.91 Å². The number of unbranched alkanes of at least 4 members (excludes halogenated alkanes) is 1. The lowest BCUT2D eigenvalue weighted by atomic mass is 10.2. The molecule has 0 aromatic rings. The summed E-state index contributed by atoms with van der Waals surface area (Å²) in [6.45, 7) is 1.99. The van der Waals surface area contributed by atoms with Crippen molar-refractivity contribution in [2.75, 3.05) is 13.6 Å². The molecule has 1 saturated heterocycles. The van der Waals surface area contributed by atoms with Crippen LogP contribution in [0.1, 0.15) is 26.2 Å². The van der Waals surface area contributed by atoms with Gasteiger partial charge in [-0.05, 0) is 6.42 Å². The number of nitrogens with zero attached hydrogens (tertiary/aromatic N) is 2. The first-order valence-corrected chi connectivity index (χ1v) is 4.93. The number of amides is 4. The summed E-state index contributed by atoms with van der Waals surface area (Å²) in [7, 11) is 1.51. The van der Waals surface area contributed by atoms with E-state index >= 15 is 0 Å². The minimum absolute atomic E-state index is 0.0207. The second-order valence-electron chi connectivity index (χ2n) is 3.51. The van der Waals surface area contributed by atoms with Crippen molar-refractivity contribution in [1.29, 1.82) is 0 Å². The monoisotopic (exact) mass is 213 g/mol. The highest BCUT2D eigenvalue weighted by atomic mass is 16.2. The Morgan fingerprint density at radius 3 is 2.60 bits per heavy atom. The molecule has 15 heavy (non-hydrogen) atoms. The second-order valence-corrected chi connectivity index (χ2v) is 3.51. The summed E-state index contributed by atoms with van der Waals surface area (Å²) >= 11 is 0. The van der Waals surface area contributed by atoms with Crippen LogP contribution in [0.3, 0.4) is 0 Å². The van der Waals surface area contributed by atoms with Gasteiger partial charge in [0.15, 0.2) is 0 Å². The van der Waals surface area contributed by atoms with Crippen molar-refractivity contribution in [3.8, 4) is 0 Å². The van der Waals surface area contributed by atoms with Crippen molar-refractivity contribution < 1.29 is 14.4 Å². The lowest BCUT2D eigenvalue weighted by Gasteiger charge is -2.14. The topological polar surface area (TPSA) is 69.7 Å². The van der Waals surface area contributed by atoms with E-state index in [9.17, 15) is 14.4 Å². The Kier molecular flexibility index (Phi) is 3.65. The van der Waals surface area contributed by atoms with Gasteiger partial charge in [-0.1, -0.05) is 13.3 Å². The second kappa shape index (κ2) is 4.77. The molecule has 0 unspecified atom stereocenters. The maximum atomic E-state index is 11.3. The normalized spacial score (nSPS) is 16.1. The highest BCUT2D eigenvalue weighted by Gasteiger charge is 2.34. The van der Waals surface area contributed by atoms with Crippen LogP contribution in [0.5, 0.6) is 0 Å². The fourth-order valence-electron chi connectivity index (χ4n) is 1.25. The molecule has 0 radical (unpaired) electrons. The van der Waals surface area contributed by atoms with Gasteiger partial charge in [0.1, 0.15) is 6.54 Å². The summed E-state index contributed by atoms with van der Waals surface area (Å²) < 4.78 is 0. The fraction of sp³-hybridized carbons (Fsp3) is 0.667. The number of rotatable bonds is 4. The minimum Gasteiger partial charge on any atom is -0.316 e. The van der Waals surface area contributed by atoms with Crippen LogP contribution >= 0.6 is 0 Å². The number of urea groups is 1. The van der Waals surface area contributed by atoms with E-state index in [1.54, 1.807) is 0 Å². The first-order valence-electron chi connectivity index (χ1n) is 4.93. The van der Waals surface area contributed by atoms with Crippen molar-refractivity contribution >= 4 is 17.8 Å². The van der Waals surface area contributed by atoms with Crippen molar-refractivity contribution in [2.45, 2.75) is 26.2 Å². The van der Waals surface area contributed by atoms with Crippen LogP contribution in [0.2, 0.25) is 0 Å². The molecule has 1 aliphatic rings. The Labute approximate surface area is 88.2 Å². The highest BCUT2D eigenvalue weighted by molar-refractivity contribution is 6.03. The van der Waals surface area contributed by atoms with E-state index in [1.165, 1.54) is 11.9 Å². The molecule has 0 bridgehead atoms. The number of likely N-dealkylation sites (N-methyl/N-ethyl adjacent to an activating group) is 1. The molecule has 1 rings (SSSR count). The molecule has 1 aliphatic heterocycles. The zero-order chi connectivity index (χ0) is 11.4. The van der Waals surface area contributed by atoms with Gasteiger partial charge in [-0.3, -0.25) is 15.0 Å². The molecular formula is C9H15N3O3. The molecule has 0 atom stereocenters. The summed E-state index contributed by atoms with van der Waals surface area (Å²) in [6, 6.07) is -0.482. The molecule has 84 valence electrons. The van der Waals surface area contributed by atoms with Crippen molar-refractivity contribution in [3.63, 3.8) is 0 Å². The van der Waals surface area contributed by atoms with Gasteiger partial charge in [0.2, 0.25) is 5.91 Å². The van der Waals surface area contributed by atoms with E-state index in [0.29, 0.717) is 6.42 Å². The molecule has 0 aromatic heterocycles. The predicted molar refractivity (Wildman–Crippen MR) is 52.5 cm³/mol. The fourth-order valence-corrected chi connectivity index (χ4v) is 1.25. The smallest absolute Gasteiger partial charge is 0.316 e. The zero-order valence-corrected chi connectivity index (χ0v) is 8.95. The van der Waals surface area contributed by atoms with Gasteiger partial charge in [-0.15, -0.1) is 0 Å². The SMILES string of the molecule is CCCCC(=O)NN1C(=O)CN(C)C1=O. The van der Waals surface area contributed by atoms with Gasteiger partial charge in [0.05, 0.1) is 0 Å². The summed E-state index contributed by atoms with van der Waals surface area (Å²) in [4.78, 5) is 35.1. The van der Waals surface area contributed by atoms with Crippen LogP contribution in [-0.4, -0.2) is 41.3 Å². The van der Waals surface area contributed by atoms with Crippen LogP contribution in [0, 0.1) is 0 Å². The van der Waals surface area contributed by atoms with Gasteiger partial charge < -0.3 is 4.90 Å². The van der Waals surface area contributed by atoms with Crippen LogP contribution in [-0.2, 0) is 9.59 Å². The number of carbonyl (C=O) groups excluding carboxylic acids is 3. The summed E-state index contributed by atoms with van der Waals surface area (Å²) in [6.07, 6.45) is 1.98. The molecular weight excluding hydrogens is 198 g/mol. The van der Waals surface area contributed by atoms with Gasteiger partial charge >= 0.3 is 6.03 Å². The van der Waals surface area contributed by atoms with Crippen molar-refractivity contribution in [2.24, 2.45) is 0 Å². The van der Waals surface area contributed by atoms with Crippen molar-refractivity contribution in [3.05, 3.63) is 0 Å². The summed E-state index contributed by atoms with van der Waals surface area (Å²) in [5, 5.41) is 0.776. The molecule has 0 aromatic carbocycles. The zero-order valence-electron chi connectivity index (χ0n) is 8.95. The third kappa shape index (κ3) is 2.68. The highest BCUT2D eigenvalue weighted by Crippen LogP contribution is 2.05. The Bertz CT molecular complexity index is 290. The number of hydrogen-bond donors (Lipinski definition) is 1.